The maximum atomic E-state index is 13.5. The van der Waals surface area contributed by atoms with Crippen LogP contribution in [0, 0.1) is 20.2 Å². The minimum absolute atomic E-state index is 0.0341. The zero-order valence-corrected chi connectivity index (χ0v) is 21.8. The first-order valence-corrected chi connectivity index (χ1v) is 11.6. The first kappa shape index (κ1) is 31.1. The molecule has 2 rings (SSSR count). The topological polar surface area (TPSA) is 156 Å². The van der Waals surface area contributed by atoms with Gasteiger partial charge in [-0.25, -0.2) is 4.99 Å². The number of alkyl halides is 6. The molecule has 1 aliphatic rings. The number of nitro groups is 2. The van der Waals surface area contributed by atoms with Crippen LogP contribution in [0.15, 0.2) is 23.0 Å². The van der Waals surface area contributed by atoms with Crippen molar-refractivity contribution in [1.29, 1.82) is 0 Å². The summed E-state index contributed by atoms with van der Waals surface area (Å²) in [5.41, 5.74) is -0.0648. The van der Waals surface area contributed by atoms with Gasteiger partial charge in [0, 0.05) is 25.4 Å². The molecule has 0 aliphatic carbocycles. The Balaban J connectivity index is 2.82. The summed E-state index contributed by atoms with van der Waals surface area (Å²) in [7, 11) is 0. The van der Waals surface area contributed by atoms with E-state index in [1.807, 2.05) is 0 Å². The molecule has 0 fully saturated rings. The third-order valence-corrected chi connectivity index (χ3v) is 5.48. The highest BCUT2D eigenvalue weighted by Crippen LogP contribution is 2.50. The molecule has 0 radical (unpaired) electrons. The van der Waals surface area contributed by atoms with E-state index in [4.69, 9.17) is 66.3 Å². The molecule has 0 bridgehead atoms. The Labute approximate surface area is 226 Å². The SMILES string of the molecule is CCOC(COC1=CC(C(Cl)(Cl)Cl)=NC(N)N1c1c([N+](=O)[O-])cc(C(F)(F)F)c(Cl)c1[N+](=O)[O-])OCC. The summed E-state index contributed by atoms with van der Waals surface area (Å²) in [4.78, 5) is 25.5. The standard InChI is InChI=1S/C18H18Cl4F3N5O7/c1-3-35-12(36-4-2)7-37-11-6-10(17(20,21)22)27-16(26)28(11)14-9(29(31)32)5-8(18(23,24)25)13(19)15(14)30(33)34/h5-6,12,16H,3-4,7,26H2,1-2H3. The Hall–Kier alpha value is -2.14. The molecular weight excluding hydrogens is 597 g/mol. The molecular formula is C18H18Cl4F3N5O7. The summed E-state index contributed by atoms with van der Waals surface area (Å²) in [5.74, 6) is -0.518. The lowest BCUT2D eigenvalue weighted by Crippen LogP contribution is -2.46. The van der Waals surface area contributed by atoms with Gasteiger partial charge in [0.1, 0.15) is 11.6 Å². The number of hydrogen-bond acceptors (Lipinski definition) is 10. The van der Waals surface area contributed by atoms with Gasteiger partial charge in [0.15, 0.2) is 18.5 Å². The Kier molecular flexibility index (Phi) is 10.2. The first-order valence-electron chi connectivity index (χ1n) is 10.0. The van der Waals surface area contributed by atoms with Gasteiger partial charge in [-0.15, -0.1) is 0 Å². The highest BCUT2D eigenvalue weighted by atomic mass is 35.6. The number of anilines is 1. The van der Waals surface area contributed by atoms with Gasteiger partial charge >= 0.3 is 17.6 Å². The summed E-state index contributed by atoms with van der Waals surface area (Å²) in [6, 6.07) is 0.0341. The van der Waals surface area contributed by atoms with Crippen molar-refractivity contribution in [2.75, 3.05) is 24.7 Å². The van der Waals surface area contributed by atoms with Gasteiger partial charge in [0.05, 0.1) is 21.1 Å². The molecule has 12 nitrogen and oxygen atoms in total. The molecule has 2 N–H and O–H groups in total. The van der Waals surface area contributed by atoms with Crippen molar-refractivity contribution < 1.29 is 37.2 Å². The minimum Gasteiger partial charge on any atom is -0.473 e. The largest absolute Gasteiger partial charge is 0.473 e. The van der Waals surface area contributed by atoms with E-state index in [1.165, 1.54) is 0 Å². The Morgan fingerprint density at radius 2 is 1.73 bits per heavy atom. The summed E-state index contributed by atoms with van der Waals surface area (Å²) >= 11 is 23.4. The monoisotopic (exact) mass is 613 g/mol. The third-order valence-electron chi connectivity index (χ3n) is 4.51. The Bertz CT molecular complexity index is 1110. The van der Waals surface area contributed by atoms with Crippen molar-refractivity contribution in [1.82, 2.24) is 0 Å². The van der Waals surface area contributed by atoms with E-state index in [0.29, 0.717) is 4.90 Å². The number of rotatable bonds is 10. The van der Waals surface area contributed by atoms with Crippen LogP contribution in [0.5, 0.6) is 0 Å². The van der Waals surface area contributed by atoms with Crippen LogP contribution in [0.1, 0.15) is 19.4 Å². The lowest BCUT2D eigenvalue weighted by molar-refractivity contribution is -0.393. The number of allylic oxidation sites excluding steroid dienone is 1. The number of ether oxygens (including phenoxy) is 3. The van der Waals surface area contributed by atoms with E-state index < -0.39 is 72.5 Å². The lowest BCUT2D eigenvalue weighted by atomic mass is 10.1. The van der Waals surface area contributed by atoms with Crippen molar-refractivity contribution >= 4 is 69.2 Å². The second-order valence-corrected chi connectivity index (χ2v) is 9.56. The molecule has 1 aromatic carbocycles. The van der Waals surface area contributed by atoms with E-state index in [1.54, 1.807) is 13.8 Å². The summed E-state index contributed by atoms with van der Waals surface area (Å²) in [6.07, 6.45) is -7.14. The number of halogens is 7. The van der Waals surface area contributed by atoms with Crippen molar-refractivity contribution in [3.8, 4) is 0 Å². The third kappa shape index (κ3) is 7.25. The van der Waals surface area contributed by atoms with Crippen LogP contribution in [-0.4, -0.2) is 51.8 Å². The van der Waals surface area contributed by atoms with E-state index in [0.717, 1.165) is 6.08 Å². The van der Waals surface area contributed by atoms with Crippen LogP contribution >= 0.6 is 46.4 Å². The molecule has 1 atom stereocenters. The maximum Gasteiger partial charge on any atom is 0.418 e. The van der Waals surface area contributed by atoms with E-state index in [2.05, 4.69) is 4.99 Å². The zero-order valence-electron chi connectivity index (χ0n) is 18.8. The smallest absolute Gasteiger partial charge is 0.418 e. The quantitative estimate of drug-likeness (QED) is 0.160. The Morgan fingerprint density at radius 3 is 2.16 bits per heavy atom. The van der Waals surface area contributed by atoms with Crippen molar-refractivity contribution in [2.45, 2.75) is 36.4 Å². The Morgan fingerprint density at radius 1 is 1.16 bits per heavy atom. The number of nitrogens with zero attached hydrogens (tertiary/aromatic N) is 4. The van der Waals surface area contributed by atoms with Gasteiger partial charge in [0.2, 0.25) is 9.48 Å². The average molecular weight is 615 g/mol. The maximum absolute atomic E-state index is 13.5. The summed E-state index contributed by atoms with van der Waals surface area (Å²) < 4.78 is 54.6. The van der Waals surface area contributed by atoms with Crippen LogP contribution in [0.3, 0.4) is 0 Å². The van der Waals surface area contributed by atoms with Gasteiger partial charge in [0.25, 0.3) is 0 Å². The molecule has 0 amide bonds. The molecule has 0 saturated heterocycles. The normalized spacial score (nSPS) is 16.5. The second-order valence-electron chi connectivity index (χ2n) is 6.90. The molecule has 0 spiro atoms. The number of hydrogen-bond donors (Lipinski definition) is 1. The molecule has 0 saturated carbocycles. The van der Waals surface area contributed by atoms with Crippen molar-refractivity contribution in [3.63, 3.8) is 0 Å². The first-order chi connectivity index (χ1) is 17.0. The molecule has 0 aromatic heterocycles. The number of nitro benzene ring substituents is 2. The number of benzene rings is 1. The van der Waals surface area contributed by atoms with E-state index in [9.17, 15) is 33.4 Å². The fraction of sp³-hybridized carbons (Fsp3) is 0.500. The van der Waals surface area contributed by atoms with Crippen LogP contribution in [0.4, 0.5) is 30.2 Å². The molecule has 206 valence electrons. The highest BCUT2D eigenvalue weighted by Gasteiger charge is 2.46. The van der Waals surface area contributed by atoms with Gasteiger partial charge in [-0.2, -0.15) is 13.2 Å². The molecule has 1 heterocycles. The molecule has 37 heavy (non-hydrogen) atoms. The average Bonchev–Trinajstić information content (AvgIpc) is 2.75. The van der Waals surface area contributed by atoms with Gasteiger partial charge in [-0.1, -0.05) is 46.4 Å². The summed E-state index contributed by atoms with van der Waals surface area (Å²) in [6.45, 7) is 3.25. The number of aliphatic imine (C=N–C) groups is 1. The minimum atomic E-state index is -5.27. The molecule has 1 aromatic rings. The van der Waals surface area contributed by atoms with Gasteiger partial charge < -0.3 is 14.2 Å². The van der Waals surface area contributed by atoms with Crippen molar-refractivity contribution in [2.24, 2.45) is 10.7 Å². The van der Waals surface area contributed by atoms with Gasteiger partial charge in [-0.3, -0.25) is 30.9 Å². The molecule has 1 unspecified atom stereocenters. The second kappa shape index (κ2) is 12.1. The number of nitrogens with two attached hydrogens (primary N) is 1. The summed E-state index contributed by atoms with van der Waals surface area (Å²) in [5, 5.41) is 22.3. The zero-order chi connectivity index (χ0) is 28.3. The predicted molar refractivity (Wildman–Crippen MR) is 129 cm³/mol. The molecule has 1 aliphatic heterocycles. The fourth-order valence-electron chi connectivity index (χ4n) is 3.10. The van der Waals surface area contributed by atoms with Crippen LogP contribution in [0.2, 0.25) is 5.02 Å². The van der Waals surface area contributed by atoms with Crippen LogP contribution in [0.25, 0.3) is 0 Å². The van der Waals surface area contributed by atoms with Crippen LogP contribution in [-0.2, 0) is 20.4 Å². The van der Waals surface area contributed by atoms with Crippen molar-refractivity contribution in [3.05, 3.63) is 48.8 Å². The highest BCUT2D eigenvalue weighted by molar-refractivity contribution is 6.77. The molecule has 19 heteroatoms. The van der Waals surface area contributed by atoms with E-state index >= 15 is 0 Å². The van der Waals surface area contributed by atoms with E-state index in [-0.39, 0.29) is 25.0 Å². The predicted octanol–water partition coefficient (Wildman–Crippen LogP) is 5.31. The fourth-order valence-corrected chi connectivity index (χ4v) is 3.73. The lowest BCUT2D eigenvalue weighted by Gasteiger charge is -2.34. The van der Waals surface area contributed by atoms with Gasteiger partial charge in [-0.05, 0) is 13.8 Å². The van der Waals surface area contributed by atoms with Crippen LogP contribution < -0.4 is 10.6 Å².